The highest BCUT2D eigenvalue weighted by molar-refractivity contribution is 5.97. The second-order valence-electron chi connectivity index (χ2n) is 9.87. The van der Waals surface area contributed by atoms with Crippen LogP contribution in [0.5, 0.6) is 0 Å². The van der Waals surface area contributed by atoms with E-state index in [1.165, 1.54) is 22.2 Å². The first-order valence-corrected chi connectivity index (χ1v) is 11.7. The van der Waals surface area contributed by atoms with Gasteiger partial charge in [0.05, 0.1) is 11.9 Å². The molecular formula is C25H31N5O. The van der Waals surface area contributed by atoms with Crippen molar-refractivity contribution >= 4 is 28.1 Å². The van der Waals surface area contributed by atoms with Crippen molar-refractivity contribution < 1.29 is 4.79 Å². The van der Waals surface area contributed by atoms with Crippen molar-refractivity contribution in [3.63, 3.8) is 0 Å². The maximum absolute atomic E-state index is 12.8. The van der Waals surface area contributed by atoms with Gasteiger partial charge in [0.15, 0.2) is 0 Å². The molecule has 4 heterocycles. The predicted molar refractivity (Wildman–Crippen MR) is 124 cm³/mol. The summed E-state index contributed by atoms with van der Waals surface area (Å²) in [5.41, 5.74) is 4.71. The van der Waals surface area contributed by atoms with Crippen LogP contribution in [0.25, 0.3) is 16.6 Å². The zero-order valence-electron chi connectivity index (χ0n) is 18.2. The first-order chi connectivity index (χ1) is 15.1. The molecule has 2 saturated heterocycles. The number of likely N-dealkylation sites (N-methyl/N-ethyl adjacent to an activating group) is 1. The number of ketones is 1. The molecule has 2 aliphatic carbocycles. The van der Waals surface area contributed by atoms with Gasteiger partial charge in [-0.3, -0.25) is 4.79 Å². The minimum atomic E-state index is 0.0612. The first-order valence-electron chi connectivity index (χ1n) is 11.7. The Morgan fingerprint density at radius 1 is 1.16 bits per heavy atom. The van der Waals surface area contributed by atoms with E-state index < -0.39 is 0 Å². The molecule has 2 unspecified atom stereocenters. The van der Waals surface area contributed by atoms with Crippen LogP contribution in [0.15, 0.2) is 36.7 Å². The first kappa shape index (κ1) is 19.3. The molecule has 4 aliphatic rings. The number of nitrogens with zero attached hydrogens (tertiary/aromatic N) is 3. The summed E-state index contributed by atoms with van der Waals surface area (Å²) < 4.78 is 0. The number of fused-ring (bicyclic) bond motifs is 3. The number of aromatic amines is 1. The number of piperazine rings is 1. The third-order valence-corrected chi connectivity index (χ3v) is 8.13. The van der Waals surface area contributed by atoms with Gasteiger partial charge in [-0.25, -0.2) is 4.98 Å². The van der Waals surface area contributed by atoms with Gasteiger partial charge in [0.2, 0.25) is 0 Å². The fourth-order valence-corrected chi connectivity index (χ4v) is 6.21. The lowest BCUT2D eigenvalue weighted by Crippen LogP contribution is -2.44. The minimum absolute atomic E-state index is 0.0612. The van der Waals surface area contributed by atoms with Gasteiger partial charge in [-0.1, -0.05) is 18.2 Å². The minimum Gasteiger partial charge on any atom is -0.368 e. The SMILES string of the molecule is CN1CCN(c2cnc3[nH]cc(C4=CC5C(C=C4)C(=O)CC54CCNCC4)c3c2)CC1. The van der Waals surface area contributed by atoms with E-state index in [0.29, 0.717) is 11.7 Å². The molecule has 2 N–H and O–H groups in total. The lowest BCUT2D eigenvalue weighted by atomic mass is 9.67. The Labute approximate surface area is 183 Å². The third kappa shape index (κ3) is 3.15. The van der Waals surface area contributed by atoms with Crippen LogP contribution in [-0.4, -0.2) is 67.0 Å². The van der Waals surface area contributed by atoms with Crippen molar-refractivity contribution in [2.75, 3.05) is 51.2 Å². The summed E-state index contributed by atoms with van der Waals surface area (Å²) in [6.07, 6.45) is 13.8. The van der Waals surface area contributed by atoms with Gasteiger partial charge in [-0.05, 0) is 56.0 Å². The van der Waals surface area contributed by atoms with Crippen LogP contribution in [0.3, 0.4) is 0 Å². The fraction of sp³-hybridized carbons (Fsp3) is 0.520. The number of carbonyl (C=O) groups excluding carboxylic acids is 1. The van der Waals surface area contributed by atoms with Crippen LogP contribution in [0.1, 0.15) is 24.8 Å². The molecule has 6 heteroatoms. The number of H-pyrrole nitrogens is 1. The molecular weight excluding hydrogens is 386 g/mol. The lowest BCUT2D eigenvalue weighted by molar-refractivity contribution is -0.120. The van der Waals surface area contributed by atoms with E-state index in [9.17, 15) is 4.79 Å². The Kier molecular flexibility index (Phi) is 4.54. The highest BCUT2D eigenvalue weighted by Gasteiger charge is 2.52. The van der Waals surface area contributed by atoms with E-state index in [2.05, 4.69) is 57.6 Å². The van der Waals surface area contributed by atoms with Crippen molar-refractivity contribution in [3.8, 4) is 0 Å². The van der Waals surface area contributed by atoms with Crippen molar-refractivity contribution in [1.82, 2.24) is 20.2 Å². The summed E-state index contributed by atoms with van der Waals surface area (Å²) >= 11 is 0. The maximum atomic E-state index is 12.8. The van der Waals surface area contributed by atoms with Gasteiger partial charge < -0.3 is 20.1 Å². The molecule has 6 nitrogen and oxygen atoms in total. The van der Waals surface area contributed by atoms with Gasteiger partial charge >= 0.3 is 0 Å². The van der Waals surface area contributed by atoms with Gasteiger partial charge in [-0.15, -0.1) is 0 Å². The highest BCUT2D eigenvalue weighted by Crippen LogP contribution is 2.54. The summed E-state index contributed by atoms with van der Waals surface area (Å²) in [5.74, 6) is 0.809. The van der Waals surface area contributed by atoms with Crippen LogP contribution < -0.4 is 10.2 Å². The number of allylic oxidation sites excluding steroid dienone is 4. The molecule has 31 heavy (non-hydrogen) atoms. The van der Waals surface area contributed by atoms with Crippen LogP contribution in [-0.2, 0) is 4.79 Å². The van der Waals surface area contributed by atoms with E-state index in [4.69, 9.17) is 4.98 Å². The number of piperidine rings is 1. The zero-order valence-corrected chi connectivity index (χ0v) is 18.2. The van der Waals surface area contributed by atoms with Crippen molar-refractivity contribution in [1.29, 1.82) is 0 Å². The standard InChI is InChI=1S/C25H31N5O/c1-29-8-10-30(11-9-29)18-13-20-21(16-28-24(20)27-15-18)17-2-3-19-22(12-17)25(14-23(19)31)4-6-26-7-5-25/h2-3,12-13,15-16,19,22,26H,4-11,14H2,1H3,(H,27,28). The second-order valence-corrected chi connectivity index (χ2v) is 9.87. The van der Waals surface area contributed by atoms with E-state index >= 15 is 0 Å². The predicted octanol–water partition coefficient (Wildman–Crippen LogP) is 2.84. The van der Waals surface area contributed by atoms with E-state index in [0.717, 1.165) is 64.2 Å². The maximum Gasteiger partial charge on any atom is 0.140 e. The Morgan fingerprint density at radius 3 is 2.77 bits per heavy atom. The number of hydrogen-bond donors (Lipinski definition) is 2. The van der Waals surface area contributed by atoms with Crippen LogP contribution in [0.2, 0.25) is 0 Å². The summed E-state index contributed by atoms with van der Waals surface area (Å²) in [5, 5.41) is 4.65. The van der Waals surface area contributed by atoms with E-state index in [-0.39, 0.29) is 11.3 Å². The molecule has 6 rings (SSSR count). The molecule has 2 aliphatic heterocycles. The summed E-state index contributed by atoms with van der Waals surface area (Å²) in [6.45, 7) is 6.28. The molecule has 2 atom stereocenters. The monoisotopic (exact) mass is 417 g/mol. The van der Waals surface area contributed by atoms with Crippen molar-refractivity contribution in [2.24, 2.45) is 17.3 Å². The number of anilines is 1. The van der Waals surface area contributed by atoms with Crippen molar-refractivity contribution in [3.05, 3.63) is 42.3 Å². The van der Waals surface area contributed by atoms with E-state index in [1.54, 1.807) is 0 Å². The molecule has 0 amide bonds. The number of rotatable bonds is 2. The number of Topliss-reactive ketones (excluding diaryl/α,β-unsaturated/α-hetero) is 1. The molecule has 3 fully saturated rings. The quantitative estimate of drug-likeness (QED) is 0.787. The van der Waals surface area contributed by atoms with E-state index in [1.807, 2.05) is 6.20 Å². The average molecular weight is 418 g/mol. The fourth-order valence-electron chi connectivity index (χ4n) is 6.21. The smallest absolute Gasteiger partial charge is 0.140 e. The average Bonchev–Trinajstić information content (AvgIpc) is 3.33. The molecule has 2 aromatic rings. The van der Waals surface area contributed by atoms with Crippen LogP contribution in [0.4, 0.5) is 5.69 Å². The number of aromatic nitrogens is 2. The largest absolute Gasteiger partial charge is 0.368 e. The molecule has 0 radical (unpaired) electrons. The Morgan fingerprint density at radius 2 is 1.97 bits per heavy atom. The van der Waals surface area contributed by atoms with Crippen LogP contribution in [0, 0.1) is 17.3 Å². The molecule has 0 bridgehead atoms. The van der Waals surface area contributed by atoms with Crippen LogP contribution >= 0.6 is 0 Å². The topological polar surface area (TPSA) is 64.3 Å². The zero-order chi connectivity index (χ0) is 21.0. The Hall–Kier alpha value is -2.44. The molecule has 162 valence electrons. The van der Waals surface area contributed by atoms with Gasteiger partial charge in [-0.2, -0.15) is 0 Å². The summed E-state index contributed by atoms with van der Waals surface area (Å²) in [6, 6.07) is 2.29. The highest BCUT2D eigenvalue weighted by atomic mass is 16.1. The summed E-state index contributed by atoms with van der Waals surface area (Å²) in [4.78, 5) is 25.7. The number of nitrogens with one attached hydrogen (secondary N) is 2. The molecule has 0 aromatic carbocycles. The Balaban J connectivity index is 1.36. The van der Waals surface area contributed by atoms with Crippen molar-refractivity contribution in [2.45, 2.75) is 19.3 Å². The normalized spacial score (nSPS) is 28.4. The van der Waals surface area contributed by atoms with Gasteiger partial charge in [0.25, 0.3) is 0 Å². The number of carbonyl (C=O) groups is 1. The van der Waals surface area contributed by atoms with Gasteiger partial charge in [0, 0.05) is 55.7 Å². The summed E-state index contributed by atoms with van der Waals surface area (Å²) in [7, 11) is 2.18. The lowest BCUT2D eigenvalue weighted by Gasteiger charge is -2.39. The number of hydrogen-bond acceptors (Lipinski definition) is 5. The number of pyridine rings is 1. The molecule has 1 saturated carbocycles. The Bertz CT molecular complexity index is 1070. The second kappa shape index (κ2) is 7.31. The molecule has 1 spiro atoms. The van der Waals surface area contributed by atoms with Gasteiger partial charge in [0.1, 0.15) is 11.4 Å². The molecule has 2 aromatic heterocycles. The third-order valence-electron chi connectivity index (χ3n) is 8.13.